The summed E-state index contributed by atoms with van der Waals surface area (Å²) in [4.78, 5) is 16.2. The van der Waals surface area contributed by atoms with Gasteiger partial charge in [0.15, 0.2) is 0 Å². The molecule has 3 aromatic rings. The number of hydrogen-bond donors (Lipinski definition) is 1. The Labute approximate surface area is 171 Å². The van der Waals surface area contributed by atoms with Gasteiger partial charge in [-0.15, -0.1) is 0 Å². The molecule has 8 heteroatoms. The number of aryl methyl sites for hydroxylation is 1. The number of thioether (sulfide) groups is 1. The number of aromatic nitrogens is 2. The third kappa shape index (κ3) is 6.67. The molecule has 0 spiro atoms. The molecule has 0 aliphatic heterocycles. The van der Waals surface area contributed by atoms with Crippen LogP contribution in [-0.4, -0.2) is 28.3 Å². The lowest BCUT2D eigenvalue weighted by Crippen LogP contribution is -2.25. The minimum absolute atomic E-state index is 0.0465. The summed E-state index contributed by atoms with van der Waals surface area (Å²) in [6.07, 6.45) is 1.43. The van der Waals surface area contributed by atoms with E-state index in [2.05, 4.69) is 15.5 Å². The van der Waals surface area contributed by atoms with E-state index >= 15 is 0 Å². The molecule has 29 heavy (non-hydrogen) atoms. The predicted octanol–water partition coefficient (Wildman–Crippen LogP) is 4.39. The average Bonchev–Trinajstić information content (AvgIpc) is 3.18. The summed E-state index contributed by atoms with van der Waals surface area (Å²) >= 11 is 1.57. The maximum atomic E-state index is 13.5. The summed E-state index contributed by atoms with van der Waals surface area (Å²) in [6.45, 7) is 0.535. The first-order valence-corrected chi connectivity index (χ1v) is 10.4. The Balaban J connectivity index is 1.30. The summed E-state index contributed by atoms with van der Waals surface area (Å²) in [5.74, 6) is 1.56. The minimum Gasteiger partial charge on any atom is -0.355 e. The molecule has 0 fully saturated rings. The van der Waals surface area contributed by atoms with E-state index in [1.807, 2.05) is 6.07 Å². The van der Waals surface area contributed by atoms with Gasteiger partial charge in [-0.05, 0) is 42.3 Å². The van der Waals surface area contributed by atoms with Crippen molar-refractivity contribution in [3.05, 3.63) is 71.6 Å². The van der Waals surface area contributed by atoms with E-state index in [-0.39, 0.29) is 17.5 Å². The van der Waals surface area contributed by atoms with E-state index in [4.69, 9.17) is 4.52 Å². The maximum Gasteiger partial charge on any atom is 0.226 e. The molecule has 0 saturated carbocycles. The number of amides is 1. The molecule has 3 rings (SSSR count). The number of carbonyl (C=O) groups excluding carboxylic acids is 1. The molecule has 152 valence electrons. The van der Waals surface area contributed by atoms with Crippen LogP contribution in [0.3, 0.4) is 0 Å². The molecule has 1 aromatic heterocycles. The number of halogens is 2. The van der Waals surface area contributed by atoms with Gasteiger partial charge in [0, 0.05) is 36.5 Å². The Hall–Kier alpha value is -2.74. The van der Waals surface area contributed by atoms with Crippen molar-refractivity contribution in [2.45, 2.75) is 25.0 Å². The first-order valence-electron chi connectivity index (χ1n) is 9.28. The van der Waals surface area contributed by atoms with Crippen molar-refractivity contribution in [2.75, 3.05) is 12.3 Å². The summed E-state index contributed by atoms with van der Waals surface area (Å²) in [7, 11) is 0. The van der Waals surface area contributed by atoms with Gasteiger partial charge in [-0.25, -0.2) is 8.78 Å². The smallest absolute Gasteiger partial charge is 0.226 e. The van der Waals surface area contributed by atoms with Crippen molar-refractivity contribution >= 4 is 17.7 Å². The second-order valence-corrected chi connectivity index (χ2v) is 7.47. The fraction of sp³-hybridized carbons (Fsp3) is 0.286. The lowest BCUT2D eigenvalue weighted by atomic mass is 10.2. The van der Waals surface area contributed by atoms with Crippen LogP contribution in [0, 0.1) is 11.6 Å². The fourth-order valence-electron chi connectivity index (χ4n) is 2.62. The van der Waals surface area contributed by atoms with Crippen LogP contribution >= 0.6 is 11.8 Å². The lowest BCUT2D eigenvalue weighted by molar-refractivity contribution is -0.121. The Bertz CT molecular complexity index is 932. The molecule has 1 heterocycles. The van der Waals surface area contributed by atoms with Gasteiger partial charge >= 0.3 is 0 Å². The van der Waals surface area contributed by atoms with Crippen LogP contribution in [0.5, 0.6) is 0 Å². The van der Waals surface area contributed by atoms with Crippen LogP contribution in [0.1, 0.15) is 24.3 Å². The Morgan fingerprint density at radius 3 is 2.69 bits per heavy atom. The van der Waals surface area contributed by atoms with Crippen molar-refractivity contribution in [1.29, 1.82) is 0 Å². The van der Waals surface area contributed by atoms with Crippen molar-refractivity contribution in [3.63, 3.8) is 0 Å². The van der Waals surface area contributed by atoms with Crippen LogP contribution in [0.15, 0.2) is 53.1 Å². The quantitative estimate of drug-likeness (QED) is 0.496. The number of nitrogens with one attached hydrogen (secondary N) is 1. The molecular formula is C21H21F2N3O2S. The zero-order chi connectivity index (χ0) is 20.5. The summed E-state index contributed by atoms with van der Waals surface area (Å²) in [6, 6.07) is 12.5. The van der Waals surface area contributed by atoms with Gasteiger partial charge in [0.05, 0.1) is 0 Å². The number of hydrogen-bond acceptors (Lipinski definition) is 5. The standard InChI is InChI=1S/C21H21F2N3O2S/c22-17-10-8-15(9-11-17)21-25-20(28-26-21)7-3-6-19(27)24-12-13-29-14-16-4-1-2-5-18(16)23/h1-2,4-5,8-11H,3,6-7,12-14H2,(H,24,27). The molecule has 2 aromatic carbocycles. The highest BCUT2D eigenvalue weighted by Gasteiger charge is 2.10. The van der Waals surface area contributed by atoms with E-state index in [1.165, 1.54) is 18.2 Å². The van der Waals surface area contributed by atoms with Crippen molar-refractivity contribution in [1.82, 2.24) is 15.5 Å². The van der Waals surface area contributed by atoms with Gasteiger partial charge in [0.2, 0.25) is 17.6 Å². The Morgan fingerprint density at radius 2 is 1.90 bits per heavy atom. The minimum atomic E-state index is -0.325. The van der Waals surface area contributed by atoms with Crippen LogP contribution < -0.4 is 5.32 Å². The molecule has 1 amide bonds. The Morgan fingerprint density at radius 1 is 1.10 bits per heavy atom. The van der Waals surface area contributed by atoms with E-state index in [1.54, 1.807) is 36.0 Å². The lowest BCUT2D eigenvalue weighted by Gasteiger charge is -2.05. The second kappa shape index (κ2) is 10.7. The molecule has 0 radical (unpaired) electrons. The highest BCUT2D eigenvalue weighted by atomic mass is 32.2. The van der Waals surface area contributed by atoms with Gasteiger partial charge < -0.3 is 9.84 Å². The molecule has 0 aliphatic rings. The molecule has 0 unspecified atom stereocenters. The van der Waals surface area contributed by atoms with Gasteiger partial charge in [-0.1, -0.05) is 23.4 Å². The van der Waals surface area contributed by atoms with Gasteiger partial charge in [-0.2, -0.15) is 16.7 Å². The molecule has 0 saturated heterocycles. The highest BCUT2D eigenvalue weighted by Crippen LogP contribution is 2.17. The third-order valence-corrected chi connectivity index (χ3v) is 5.16. The number of benzene rings is 2. The molecule has 5 nitrogen and oxygen atoms in total. The van der Waals surface area contributed by atoms with E-state index < -0.39 is 0 Å². The first-order chi connectivity index (χ1) is 14.1. The average molecular weight is 417 g/mol. The number of carbonyl (C=O) groups is 1. The van der Waals surface area contributed by atoms with Crippen molar-refractivity contribution in [3.8, 4) is 11.4 Å². The van der Waals surface area contributed by atoms with Crippen LogP contribution in [0.4, 0.5) is 8.78 Å². The Kier molecular flexibility index (Phi) is 7.75. The van der Waals surface area contributed by atoms with E-state index in [9.17, 15) is 13.6 Å². The molecule has 0 aliphatic carbocycles. The zero-order valence-corrected chi connectivity index (χ0v) is 16.6. The summed E-state index contributed by atoms with van der Waals surface area (Å²) < 4.78 is 31.6. The fourth-order valence-corrected chi connectivity index (χ4v) is 3.47. The van der Waals surface area contributed by atoms with Crippen molar-refractivity contribution < 1.29 is 18.1 Å². The zero-order valence-electron chi connectivity index (χ0n) is 15.7. The normalized spacial score (nSPS) is 10.8. The molecule has 0 atom stereocenters. The topological polar surface area (TPSA) is 68.0 Å². The molecule has 0 bridgehead atoms. The maximum absolute atomic E-state index is 13.5. The van der Waals surface area contributed by atoms with Crippen LogP contribution in [0.2, 0.25) is 0 Å². The number of nitrogens with zero attached hydrogens (tertiary/aromatic N) is 2. The van der Waals surface area contributed by atoms with Crippen molar-refractivity contribution in [2.24, 2.45) is 0 Å². The number of rotatable bonds is 10. The summed E-state index contributed by atoms with van der Waals surface area (Å²) in [5.41, 5.74) is 1.34. The SMILES string of the molecule is O=C(CCCc1nc(-c2ccc(F)cc2)no1)NCCSCc1ccccc1F. The largest absolute Gasteiger partial charge is 0.355 e. The van der Waals surface area contributed by atoms with E-state index in [0.717, 1.165) is 0 Å². The highest BCUT2D eigenvalue weighted by molar-refractivity contribution is 7.98. The van der Waals surface area contributed by atoms with Crippen LogP contribution in [-0.2, 0) is 17.0 Å². The van der Waals surface area contributed by atoms with Gasteiger partial charge in [-0.3, -0.25) is 4.79 Å². The second-order valence-electron chi connectivity index (χ2n) is 6.37. The first kappa shape index (κ1) is 21.0. The van der Waals surface area contributed by atoms with Gasteiger partial charge in [0.1, 0.15) is 11.6 Å². The monoisotopic (exact) mass is 417 g/mol. The third-order valence-electron chi connectivity index (χ3n) is 4.15. The van der Waals surface area contributed by atoms with Gasteiger partial charge in [0.25, 0.3) is 0 Å². The molecule has 1 N–H and O–H groups in total. The van der Waals surface area contributed by atoms with Crippen LogP contribution in [0.25, 0.3) is 11.4 Å². The summed E-state index contributed by atoms with van der Waals surface area (Å²) in [5, 5.41) is 6.73. The predicted molar refractivity (Wildman–Crippen MR) is 108 cm³/mol. The molecular weight excluding hydrogens is 396 g/mol. The van der Waals surface area contributed by atoms with E-state index in [0.29, 0.717) is 60.2 Å².